The quantitative estimate of drug-likeness (QED) is 0.313. The highest BCUT2D eigenvalue weighted by Crippen LogP contribution is 2.37. The van der Waals surface area contributed by atoms with Gasteiger partial charge in [-0.25, -0.2) is 0 Å². The number of carbonyl (C=O) groups is 1. The molecule has 0 spiro atoms. The third-order valence-electron chi connectivity index (χ3n) is 3.82. The molecule has 0 saturated carbocycles. The van der Waals surface area contributed by atoms with E-state index in [0.29, 0.717) is 12.1 Å². The molecule has 7 heteroatoms. The Morgan fingerprint density at radius 3 is 2.33 bits per heavy atom. The summed E-state index contributed by atoms with van der Waals surface area (Å²) in [6.07, 6.45) is 3.85. The molecule has 1 aliphatic rings. The number of ether oxygens (including phenoxy) is 1. The van der Waals surface area contributed by atoms with Crippen molar-refractivity contribution < 1.29 is 24.2 Å². The lowest BCUT2D eigenvalue weighted by atomic mass is 9.79. The number of hydrogen-bond donors (Lipinski definition) is 2. The minimum absolute atomic E-state index is 0.261. The van der Waals surface area contributed by atoms with Gasteiger partial charge in [0.05, 0.1) is 36.0 Å². The monoisotopic (exact) mass is 297 g/mol. The summed E-state index contributed by atoms with van der Waals surface area (Å²) in [6, 6.07) is 0. The van der Waals surface area contributed by atoms with E-state index in [1.165, 1.54) is 13.1 Å². The first-order valence-electron chi connectivity index (χ1n) is 7.22. The molecule has 0 amide bonds. The molecule has 0 unspecified atom stereocenters. The van der Waals surface area contributed by atoms with Gasteiger partial charge in [0.15, 0.2) is 0 Å². The Morgan fingerprint density at radius 2 is 1.86 bits per heavy atom. The van der Waals surface area contributed by atoms with E-state index in [9.17, 15) is 4.79 Å². The van der Waals surface area contributed by atoms with Crippen molar-refractivity contribution in [2.75, 3.05) is 13.2 Å². The molecule has 6 nitrogen and oxygen atoms in total. The summed E-state index contributed by atoms with van der Waals surface area (Å²) < 4.78 is 16.6. The lowest BCUT2D eigenvalue weighted by molar-refractivity contribution is -0.588. The van der Waals surface area contributed by atoms with Crippen molar-refractivity contribution in [3.05, 3.63) is 11.7 Å². The van der Waals surface area contributed by atoms with E-state index in [1.54, 1.807) is 0 Å². The third kappa shape index (κ3) is 4.95. The number of nitrogens with two attached hydrogens (primary N) is 1. The zero-order valence-corrected chi connectivity index (χ0v) is 13.6. The van der Waals surface area contributed by atoms with Crippen LogP contribution in [-0.2, 0) is 18.8 Å². The third-order valence-corrected chi connectivity index (χ3v) is 3.82. The molecular formula is C14H26BN2O4+. The SMILES string of the molecule is CC(=O)OCCC[NH2+]/C=C(\C=N)B1OC(C)(C)C(C)(C)O1. The smallest absolute Gasteiger partial charge is 0.466 e. The number of nitrogens with one attached hydrogen (secondary N) is 1. The molecule has 0 bridgehead atoms. The van der Waals surface area contributed by atoms with Crippen LogP contribution in [0.1, 0.15) is 41.0 Å². The summed E-state index contributed by atoms with van der Waals surface area (Å²) in [6.45, 7) is 10.5. The van der Waals surface area contributed by atoms with Gasteiger partial charge in [0.1, 0.15) is 0 Å². The van der Waals surface area contributed by atoms with Gasteiger partial charge in [-0.05, 0) is 27.7 Å². The number of quaternary nitrogens is 1. The van der Waals surface area contributed by atoms with Crippen LogP contribution in [0, 0.1) is 5.41 Å². The van der Waals surface area contributed by atoms with Crippen LogP contribution in [0.5, 0.6) is 0 Å². The predicted octanol–water partition coefficient (Wildman–Crippen LogP) is 0.668. The number of hydrogen-bond acceptors (Lipinski definition) is 5. The van der Waals surface area contributed by atoms with E-state index in [2.05, 4.69) is 0 Å². The summed E-state index contributed by atoms with van der Waals surface area (Å²) in [5.74, 6) is -0.261. The second kappa shape index (κ2) is 7.20. The van der Waals surface area contributed by atoms with Gasteiger partial charge >= 0.3 is 13.1 Å². The van der Waals surface area contributed by atoms with Crippen LogP contribution in [-0.4, -0.2) is 43.7 Å². The fourth-order valence-electron chi connectivity index (χ4n) is 1.81. The van der Waals surface area contributed by atoms with Gasteiger partial charge < -0.3 is 24.8 Å². The van der Waals surface area contributed by atoms with E-state index in [1.807, 2.05) is 39.2 Å². The van der Waals surface area contributed by atoms with Crippen molar-refractivity contribution in [3.8, 4) is 0 Å². The number of rotatable bonds is 7. The Balaban J connectivity index is 2.47. The summed E-state index contributed by atoms with van der Waals surface area (Å²) in [5.41, 5.74) is -0.134. The molecule has 0 aliphatic carbocycles. The van der Waals surface area contributed by atoms with Gasteiger partial charge in [0.25, 0.3) is 0 Å². The maximum absolute atomic E-state index is 10.6. The molecular weight excluding hydrogens is 271 g/mol. The van der Waals surface area contributed by atoms with Crippen LogP contribution in [0.15, 0.2) is 11.7 Å². The lowest BCUT2D eigenvalue weighted by Crippen LogP contribution is -2.78. The van der Waals surface area contributed by atoms with Gasteiger partial charge in [-0.15, -0.1) is 0 Å². The van der Waals surface area contributed by atoms with E-state index < -0.39 is 18.3 Å². The maximum atomic E-state index is 10.6. The molecule has 0 atom stereocenters. The minimum Gasteiger partial charge on any atom is -0.466 e. The van der Waals surface area contributed by atoms with Crippen LogP contribution in [0.25, 0.3) is 0 Å². The topological polar surface area (TPSA) is 85.2 Å². The summed E-state index contributed by atoms with van der Waals surface area (Å²) >= 11 is 0. The largest absolute Gasteiger partial charge is 0.501 e. The predicted molar refractivity (Wildman–Crippen MR) is 81.0 cm³/mol. The Labute approximate surface area is 126 Å². The van der Waals surface area contributed by atoms with Gasteiger partial charge in [-0.3, -0.25) is 4.79 Å². The van der Waals surface area contributed by atoms with Crippen molar-refractivity contribution in [1.82, 2.24) is 0 Å². The van der Waals surface area contributed by atoms with Crippen LogP contribution < -0.4 is 5.32 Å². The standard InChI is InChI=1S/C14H25BN2O4/c1-11(18)19-8-6-7-17-10-12(9-16)15-20-13(2,3)14(4,5)21-15/h9-10,16-17H,6-8H2,1-5H3/p+1/b12-10+,16-9?. The van der Waals surface area contributed by atoms with Crippen LogP contribution in [0.2, 0.25) is 0 Å². The van der Waals surface area contributed by atoms with Gasteiger partial charge in [0.2, 0.25) is 0 Å². The number of esters is 1. The molecule has 1 aliphatic heterocycles. The van der Waals surface area contributed by atoms with Gasteiger partial charge in [-0.1, -0.05) is 0 Å². The second-order valence-corrected chi connectivity index (χ2v) is 6.12. The van der Waals surface area contributed by atoms with Crippen molar-refractivity contribution in [1.29, 1.82) is 5.41 Å². The maximum Gasteiger partial charge on any atom is 0.501 e. The van der Waals surface area contributed by atoms with Crippen molar-refractivity contribution in [2.24, 2.45) is 0 Å². The Bertz CT molecular complexity index is 405. The van der Waals surface area contributed by atoms with E-state index in [0.717, 1.165) is 13.0 Å². The molecule has 118 valence electrons. The fraction of sp³-hybridized carbons (Fsp3) is 0.714. The van der Waals surface area contributed by atoms with Crippen LogP contribution >= 0.6 is 0 Å². The van der Waals surface area contributed by atoms with Crippen molar-refractivity contribution in [2.45, 2.75) is 52.2 Å². The molecule has 1 heterocycles. The molecule has 1 rings (SSSR count). The molecule has 0 radical (unpaired) electrons. The first-order valence-corrected chi connectivity index (χ1v) is 7.22. The Hall–Kier alpha value is -1.18. The zero-order chi connectivity index (χ0) is 16.1. The van der Waals surface area contributed by atoms with E-state index in [4.69, 9.17) is 19.5 Å². The average Bonchev–Trinajstić information content (AvgIpc) is 2.57. The van der Waals surface area contributed by atoms with Gasteiger partial charge in [0, 0.05) is 19.6 Å². The first-order chi connectivity index (χ1) is 9.69. The fourth-order valence-corrected chi connectivity index (χ4v) is 1.81. The summed E-state index contributed by atoms with van der Waals surface area (Å²) in [7, 11) is -0.516. The minimum atomic E-state index is -0.516. The molecule has 21 heavy (non-hydrogen) atoms. The highest BCUT2D eigenvalue weighted by molar-refractivity contribution is 6.60. The second-order valence-electron chi connectivity index (χ2n) is 6.12. The summed E-state index contributed by atoms with van der Waals surface area (Å²) in [5, 5.41) is 9.45. The summed E-state index contributed by atoms with van der Waals surface area (Å²) in [4.78, 5) is 10.6. The first kappa shape index (κ1) is 17.9. The van der Waals surface area contributed by atoms with Crippen LogP contribution in [0.4, 0.5) is 0 Å². The van der Waals surface area contributed by atoms with Gasteiger partial charge in [-0.2, -0.15) is 0 Å². The average molecular weight is 297 g/mol. The molecule has 1 saturated heterocycles. The molecule has 0 aromatic carbocycles. The number of allylic oxidation sites excluding steroid dienone is 1. The highest BCUT2D eigenvalue weighted by Gasteiger charge is 2.52. The van der Waals surface area contributed by atoms with E-state index >= 15 is 0 Å². The molecule has 3 N–H and O–H groups in total. The zero-order valence-electron chi connectivity index (χ0n) is 13.6. The molecule has 1 fully saturated rings. The molecule has 0 aromatic rings. The van der Waals surface area contributed by atoms with E-state index in [-0.39, 0.29) is 5.97 Å². The van der Waals surface area contributed by atoms with Crippen molar-refractivity contribution >= 4 is 19.3 Å². The highest BCUT2D eigenvalue weighted by atomic mass is 16.7. The number of carbonyl (C=O) groups excluding carboxylic acids is 1. The van der Waals surface area contributed by atoms with Crippen LogP contribution in [0.3, 0.4) is 0 Å². The normalized spacial score (nSPS) is 20.4. The lowest BCUT2D eigenvalue weighted by Gasteiger charge is -2.32. The Kier molecular flexibility index (Phi) is 6.13. The van der Waals surface area contributed by atoms with Crippen molar-refractivity contribution in [3.63, 3.8) is 0 Å². The molecule has 0 aromatic heterocycles. The Morgan fingerprint density at radius 1 is 1.29 bits per heavy atom.